The molecule has 7 nitrogen and oxygen atoms in total. The molecule has 8 heteroatoms. The molecule has 0 aliphatic heterocycles. The predicted octanol–water partition coefficient (Wildman–Crippen LogP) is 4.85. The van der Waals surface area contributed by atoms with Gasteiger partial charge in [0, 0.05) is 11.0 Å². The lowest BCUT2D eigenvalue weighted by atomic mass is 9.76. The van der Waals surface area contributed by atoms with Crippen molar-refractivity contribution in [2.24, 2.45) is 11.3 Å². The van der Waals surface area contributed by atoms with Crippen LogP contribution in [0.4, 0.5) is 0 Å². The van der Waals surface area contributed by atoms with E-state index in [9.17, 15) is 19.5 Å². The van der Waals surface area contributed by atoms with Gasteiger partial charge < -0.3 is 21.1 Å². The first-order valence-corrected chi connectivity index (χ1v) is 12.9. The van der Waals surface area contributed by atoms with Crippen LogP contribution in [0, 0.1) is 11.3 Å². The van der Waals surface area contributed by atoms with Gasteiger partial charge in [-0.05, 0) is 36.8 Å². The minimum absolute atomic E-state index is 0. The van der Waals surface area contributed by atoms with Crippen molar-refractivity contribution in [1.29, 1.82) is 0 Å². The summed E-state index contributed by atoms with van der Waals surface area (Å²) in [5.41, 5.74) is 0.206. The molecule has 0 heterocycles. The molecule has 4 N–H and O–H groups in total. The van der Waals surface area contributed by atoms with Crippen molar-refractivity contribution in [3.63, 3.8) is 0 Å². The third-order valence-corrected chi connectivity index (χ3v) is 6.69. The highest BCUT2D eigenvalue weighted by molar-refractivity contribution is 5.91. The van der Waals surface area contributed by atoms with Crippen LogP contribution in [0.1, 0.15) is 80.2 Å². The molecule has 0 aromatic heterocycles. The molecule has 0 aliphatic carbocycles. The minimum Gasteiger partial charge on any atom is -0.478 e. The number of hydrogen-bond acceptors (Lipinski definition) is 4. The van der Waals surface area contributed by atoms with Gasteiger partial charge in [-0.15, -0.1) is 12.4 Å². The van der Waals surface area contributed by atoms with Crippen LogP contribution >= 0.6 is 12.4 Å². The summed E-state index contributed by atoms with van der Waals surface area (Å²) in [5.74, 6) is -1.60. The molecule has 1 aromatic rings. The van der Waals surface area contributed by atoms with Gasteiger partial charge in [-0.3, -0.25) is 9.59 Å². The number of unbranched alkanes of at least 4 members (excludes halogenated alkanes) is 1. The first kappa shape index (κ1) is 34.6. The quantitative estimate of drug-likeness (QED) is 0.269. The summed E-state index contributed by atoms with van der Waals surface area (Å²) >= 11 is 0. The van der Waals surface area contributed by atoms with E-state index in [1.54, 1.807) is 13.1 Å². The maximum absolute atomic E-state index is 13.5. The second-order valence-corrected chi connectivity index (χ2v) is 11.5. The number of carboxylic acid groups (broad SMARTS) is 1. The molecule has 210 valence electrons. The Kier molecular flexibility index (Phi) is 14.2. The monoisotopic (exact) mass is 537 g/mol. The van der Waals surface area contributed by atoms with E-state index in [2.05, 4.69) is 16.0 Å². The molecule has 2 amide bonds. The lowest BCUT2D eigenvalue weighted by molar-refractivity contribution is -0.133. The van der Waals surface area contributed by atoms with Crippen molar-refractivity contribution in [2.45, 2.75) is 98.2 Å². The molecular formula is C29H48ClN3O4. The molecular weight excluding hydrogens is 490 g/mol. The average Bonchev–Trinajstić information content (AvgIpc) is 2.79. The molecule has 37 heavy (non-hydrogen) atoms. The van der Waals surface area contributed by atoms with E-state index < -0.39 is 34.9 Å². The van der Waals surface area contributed by atoms with Crippen molar-refractivity contribution >= 4 is 30.2 Å². The van der Waals surface area contributed by atoms with Crippen molar-refractivity contribution < 1.29 is 19.5 Å². The Labute approximate surface area is 229 Å². The molecule has 0 spiro atoms. The number of nitrogens with one attached hydrogen (secondary N) is 3. The summed E-state index contributed by atoms with van der Waals surface area (Å²) in [6, 6.07) is 7.94. The fourth-order valence-corrected chi connectivity index (χ4v) is 4.25. The fraction of sp³-hybridized carbons (Fsp3) is 0.621. The molecule has 0 bridgehead atoms. The summed E-state index contributed by atoms with van der Waals surface area (Å²) in [4.78, 5) is 38.8. The highest BCUT2D eigenvalue weighted by Crippen LogP contribution is 2.28. The zero-order valence-corrected chi connectivity index (χ0v) is 24.8. The van der Waals surface area contributed by atoms with Crippen LogP contribution in [-0.2, 0) is 19.8 Å². The number of halogens is 1. The molecule has 0 saturated carbocycles. The van der Waals surface area contributed by atoms with Crippen LogP contribution in [0.3, 0.4) is 0 Å². The van der Waals surface area contributed by atoms with Crippen LogP contribution in [0.25, 0.3) is 0 Å². The average molecular weight is 538 g/mol. The van der Waals surface area contributed by atoms with Crippen LogP contribution in [0.2, 0.25) is 0 Å². The molecule has 0 aliphatic rings. The Morgan fingerprint density at radius 2 is 1.49 bits per heavy atom. The summed E-state index contributed by atoms with van der Waals surface area (Å²) in [6.45, 7) is 15.6. The lowest BCUT2D eigenvalue weighted by Gasteiger charge is -2.37. The van der Waals surface area contributed by atoms with Gasteiger partial charge >= 0.3 is 5.97 Å². The number of carbonyl (C=O) groups is 3. The number of aliphatic carboxylic acids is 1. The smallest absolute Gasteiger partial charge is 0.331 e. The first-order valence-electron chi connectivity index (χ1n) is 12.9. The number of carbonyl (C=O) groups excluding carboxylic acids is 2. The van der Waals surface area contributed by atoms with E-state index in [-0.39, 0.29) is 30.1 Å². The molecule has 3 atom stereocenters. The van der Waals surface area contributed by atoms with Crippen molar-refractivity contribution in [3.05, 3.63) is 47.5 Å². The summed E-state index contributed by atoms with van der Waals surface area (Å²) in [5, 5.41) is 18.8. The Morgan fingerprint density at radius 1 is 0.946 bits per heavy atom. The number of benzene rings is 1. The van der Waals surface area contributed by atoms with Gasteiger partial charge in [-0.25, -0.2) is 4.79 Å². The molecule has 0 unspecified atom stereocenters. The maximum Gasteiger partial charge on any atom is 0.331 e. The van der Waals surface area contributed by atoms with Crippen LogP contribution in [-0.4, -0.2) is 48.1 Å². The lowest BCUT2D eigenvalue weighted by Crippen LogP contribution is -2.61. The summed E-state index contributed by atoms with van der Waals surface area (Å²) in [6.07, 6.45) is 3.74. The standard InChI is InChI=1S/C29H47N3O4.ClH/c1-10-11-15-20(27(35)36)18-22(19(2)3)31-25(33)23(28(4,5)6)32-26(34)24(30-9)29(7,8)21-16-13-12-14-17-21;/h12-14,16-19,22-24,30H,10-11,15H2,1-9H3,(H,31,33)(H,32,34)(H,35,36);1H/t22-,23-,24-;/m1./s1. The zero-order valence-electron chi connectivity index (χ0n) is 24.0. The van der Waals surface area contributed by atoms with E-state index in [1.165, 1.54) is 0 Å². The molecule has 0 fully saturated rings. The largest absolute Gasteiger partial charge is 0.478 e. The van der Waals surface area contributed by atoms with Crippen LogP contribution in [0.15, 0.2) is 42.0 Å². The van der Waals surface area contributed by atoms with Gasteiger partial charge in [-0.2, -0.15) is 0 Å². The van der Waals surface area contributed by atoms with Crippen LogP contribution < -0.4 is 16.0 Å². The second kappa shape index (κ2) is 15.1. The van der Waals surface area contributed by atoms with E-state index in [4.69, 9.17) is 0 Å². The van der Waals surface area contributed by atoms with Crippen molar-refractivity contribution in [2.75, 3.05) is 7.05 Å². The fourth-order valence-electron chi connectivity index (χ4n) is 4.25. The molecule has 0 radical (unpaired) electrons. The summed E-state index contributed by atoms with van der Waals surface area (Å²) < 4.78 is 0. The highest BCUT2D eigenvalue weighted by Gasteiger charge is 2.40. The van der Waals surface area contributed by atoms with Gasteiger partial charge in [0.2, 0.25) is 11.8 Å². The number of hydrogen-bond donors (Lipinski definition) is 4. The van der Waals surface area contributed by atoms with Gasteiger partial charge in [0.05, 0.1) is 12.1 Å². The van der Waals surface area contributed by atoms with Gasteiger partial charge in [0.1, 0.15) is 6.04 Å². The minimum atomic E-state index is -0.968. The molecule has 1 aromatic carbocycles. The summed E-state index contributed by atoms with van der Waals surface area (Å²) in [7, 11) is 1.74. The number of carboxylic acids is 1. The first-order chi connectivity index (χ1) is 16.7. The number of amides is 2. The number of likely N-dealkylation sites (N-methyl/N-ethyl adjacent to an activating group) is 1. The second-order valence-electron chi connectivity index (χ2n) is 11.5. The topological polar surface area (TPSA) is 108 Å². The predicted molar refractivity (Wildman–Crippen MR) is 153 cm³/mol. The third-order valence-electron chi connectivity index (χ3n) is 6.69. The Balaban J connectivity index is 0.0000130. The number of rotatable bonds is 13. The third kappa shape index (κ3) is 10.1. The van der Waals surface area contributed by atoms with Gasteiger partial charge in [-0.1, -0.05) is 98.2 Å². The van der Waals surface area contributed by atoms with E-state index in [1.807, 2.05) is 85.7 Å². The van der Waals surface area contributed by atoms with Gasteiger partial charge in [0.15, 0.2) is 0 Å². The zero-order chi connectivity index (χ0) is 27.7. The Morgan fingerprint density at radius 3 is 1.92 bits per heavy atom. The van der Waals surface area contributed by atoms with Gasteiger partial charge in [0.25, 0.3) is 0 Å². The van der Waals surface area contributed by atoms with Crippen LogP contribution in [0.5, 0.6) is 0 Å². The van der Waals surface area contributed by atoms with Crippen molar-refractivity contribution in [1.82, 2.24) is 16.0 Å². The van der Waals surface area contributed by atoms with Crippen molar-refractivity contribution in [3.8, 4) is 0 Å². The van der Waals surface area contributed by atoms with E-state index in [0.29, 0.717) is 12.0 Å². The normalized spacial score (nSPS) is 14.8. The van der Waals surface area contributed by atoms with E-state index >= 15 is 0 Å². The Bertz CT molecular complexity index is 907. The highest BCUT2D eigenvalue weighted by atomic mass is 35.5. The SMILES string of the molecule is CCCCC(=C[C@@H](NC(=O)[C@@H](NC(=O)[C@@H](NC)C(C)(C)c1ccccc1)C(C)(C)C)C(C)C)C(=O)O.Cl. The van der Waals surface area contributed by atoms with E-state index in [0.717, 1.165) is 18.4 Å². The molecule has 0 saturated heterocycles. The Hall–Kier alpha value is -2.38. The maximum atomic E-state index is 13.5. The molecule has 1 rings (SSSR count).